The van der Waals surface area contributed by atoms with Crippen molar-refractivity contribution in [3.05, 3.63) is 0 Å². The Balaban J connectivity index is -0.000000000635. The smallest absolute Gasteiger partial charge is 0.0379 e. The van der Waals surface area contributed by atoms with Crippen molar-refractivity contribution in [2.24, 2.45) is 0 Å². The molecule has 0 saturated carbocycles. The highest BCUT2D eigenvalue weighted by atomic mass is 12.6. The predicted octanol–water partition coefficient (Wildman–Crippen LogP) is 2.65. The van der Waals surface area contributed by atoms with Gasteiger partial charge in [-0.15, -0.1) is 25.7 Å². The van der Waals surface area contributed by atoms with Crippen LogP contribution in [0.3, 0.4) is 0 Å². The lowest BCUT2D eigenvalue weighted by molar-refractivity contribution is 2.50. The highest BCUT2D eigenvalue weighted by Crippen LogP contribution is 0.581. The zero-order valence-electron chi connectivity index (χ0n) is 3.59. The zero-order valence-corrected chi connectivity index (χ0v) is 3.59. The quantitative estimate of drug-likeness (QED) is 0.372. The predicted molar refractivity (Wildman–Crippen MR) is 66.3 cm³/mol. The molecule has 67 valence electrons. The fourth-order valence-corrected chi connectivity index (χ4v) is 0. The molecule has 0 aromatic heterocycles. The van der Waals surface area contributed by atoms with Crippen LogP contribution in [0.15, 0.2) is 0 Å². The maximum absolute atomic E-state index is 4.00. The van der Waals surface area contributed by atoms with E-state index < -0.39 is 0 Å². The molecule has 0 saturated heterocycles. The summed E-state index contributed by atoms with van der Waals surface area (Å²) in [6.45, 7) is 0. The summed E-state index contributed by atoms with van der Waals surface area (Å²) in [4.78, 5) is 0. The Kier molecular flexibility index (Phi) is 57100. The van der Waals surface area contributed by atoms with E-state index in [9.17, 15) is 0 Å². The fraction of sp³-hybridized carbons (Fsp3) is 0.556. The summed E-state index contributed by atoms with van der Waals surface area (Å²) < 4.78 is 0. The van der Waals surface area contributed by atoms with Crippen molar-refractivity contribution in [3.63, 3.8) is 0 Å². The average Bonchev–Trinajstić information content (AvgIpc) is 1.50. The van der Waals surface area contributed by atoms with Gasteiger partial charge >= 0.3 is 0 Å². The van der Waals surface area contributed by atoms with Crippen molar-refractivity contribution in [1.82, 2.24) is 0 Å². The minimum atomic E-state index is 0. The van der Waals surface area contributed by atoms with E-state index in [2.05, 4.69) is 25.7 Å². The summed E-state index contributed by atoms with van der Waals surface area (Å²) in [5, 5.41) is 0. The number of hydrogen-bond acceptors (Lipinski definition) is 0. The van der Waals surface area contributed by atoms with Crippen molar-refractivity contribution < 1.29 is 0 Å². The lowest BCUT2D eigenvalue weighted by Gasteiger charge is -0.701. The summed E-state index contributed by atoms with van der Waals surface area (Å²) in [5.74, 6) is 0. The van der Waals surface area contributed by atoms with E-state index in [4.69, 9.17) is 0 Å². The fourth-order valence-electron chi connectivity index (χ4n) is 0. The SMILES string of the molecule is C.C.C.C.C.C#C.C#C.[BH].[B]. The largest absolute Gasteiger partial charge is 0.124 e. The van der Waals surface area contributed by atoms with Gasteiger partial charge in [-0.1, -0.05) is 37.1 Å². The van der Waals surface area contributed by atoms with Gasteiger partial charge in [-0.3, -0.25) is 0 Å². The molecule has 0 atom stereocenters. The molecule has 0 nitrogen and oxygen atoms in total. The summed E-state index contributed by atoms with van der Waals surface area (Å²) in [5.41, 5.74) is 0. The standard InChI is InChI=1S/2C2H2.5CH4.BH.B/c2*1-2;;;;;;;/h2*1-2H;5*1H4;1H;. The van der Waals surface area contributed by atoms with Crippen LogP contribution in [0, 0.1) is 25.7 Å². The van der Waals surface area contributed by atoms with E-state index in [0.717, 1.165) is 0 Å². The molecule has 0 aromatic carbocycles. The number of terminal acetylenes is 2. The molecule has 5 radical (unpaired) electrons. The lowest BCUT2D eigenvalue weighted by atomic mass is 10.8. The van der Waals surface area contributed by atoms with Crippen LogP contribution in [-0.4, -0.2) is 16.8 Å². The van der Waals surface area contributed by atoms with Crippen LogP contribution in [-0.2, 0) is 0 Å². The molecule has 0 aliphatic heterocycles. The third kappa shape index (κ3) is 864. The minimum absolute atomic E-state index is 0. The maximum atomic E-state index is 4.00. The summed E-state index contributed by atoms with van der Waals surface area (Å²) in [7, 11) is 0. The molecule has 0 bridgehead atoms. The van der Waals surface area contributed by atoms with Crippen LogP contribution in [0.1, 0.15) is 37.1 Å². The Morgan fingerprint density at radius 1 is 0.455 bits per heavy atom. The summed E-state index contributed by atoms with van der Waals surface area (Å²) in [6, 6.07) is 0. The van der Waals surface area contributed by atoms with Gasteiger partial charge in [-0.05, 0) is 0 Å². The Labute approximate surface area is 80.3 Å². The molecule has 11 heavy (non-hydrogen) atoms. The number of rotatable bonds is 0. The first-order valence-electron chi connectivity index (χ1n) is 0.667. The van der Waals surface area contributed by atoms with Crippen LogP contribution in [0.4, 0.5) is 0 Å². The average molecular weight is 155 g/mol. The molecule has 0 N–H and O–H groups in total. The van der Waals surface area contributed by atoms with E-state index >= 15 is 0 Å². The molecule has 0 rings (SSSR count). The molecule has 0 fully saturated rings. The third-order valence-electron chi connectivity index (χ3n) is 0. The normalized spacial score (nSPS) is 0.364. The van der Waals surface area contributed by atoms with E-state index in [1.807, 2.05) is 0 Å². The second kappa shape index (κ2) is 1120. The first kappa shape index (κ1) is 561. The van der Waals surface area contributed by atoms with Gasteiger partial charge in [0, 0.05) is 16.8 Å². The van der Waals surface area contributed by atoms with E-state index in [-0.39, 0.29) is 54.0 Å². The molecule has 0 heterocycles. The minimum Gasteiger partial charge on any atom is -0.124 e. The van der Waals surface area contributed by atoms with Gasteiger partial charge in [0.1, 0.15) is 0 Å². The highest BCUT2D eigenvalue weighted by molar-refractivity contribution is 5.76. The first-order valence-corrected chi connectivity index (χ1v) is 0.667. The van der Waals surface area contributed by atoms with Crippen LogP contribution in [0.2, 0.25) is 0 Å². The van der Waals surface area contributed by atoms with Crippen LogP contribution in [0.5, 0.6) is 0 Å². The molecule has 0 aliphatic carbocycles. The van der Waals surface area contributed by atoms with Crippen LogP contribution >= 0.6 is 0 Å². The lowest BCUT2D eigenvalue weighted by Crippen LogP contribution is -0.576. The van der Waals surface area contributed by atoms with Crippen molar-refractivity contribution in [3.8, 4) is 25.7 Å². The van der Waals surface area contributed by atoms with Crippen molar-refractivity contribution in [2.45, 2.75) is 37.1 Å². The molecule has 0 amide bonds. The van der Waals surface area contributed by atoms with Gasteiger partial charge in [0.05, 0.1) is 0 Å². The van der Waals surface area contributed by atoms with E-state index in [1.165, 1.54) is 0 Å². The molecular weight excluding hydrogens is 130 g/mol. The highest BCUT2D eigenvalue weighted by Gasteiger charge is 0.456. The maximum Gasteiger partial charge on any atom is 0.0379 e. The van der Waals surface area contributed by atoms with Crippen molar-refractivity contribution >= 4 is 16.8 Å². The topological polar surface area (TPSA) is 0 Å². The van der Waals surface area contributed by atoms with Gasteiger partial charge in [0.25, 0.3) is 0 Å². The monoisotopic (exact) mass is 155 g/mol. The van der Waals surface area contributed by atoms with Crippen LogP contribution < -0.4 is 0 Å². The Morgan fingerprint density at radius 3 is 0.455 bits per heavy atom. The van der Waals surface area contributed by atoms with Gasteiger partial charge in [0.15, 0.2) is 0 Å². The molecule has 0 unspecified atom stereocenters. The van der Waals surface area contributed by atoms with Gasteiger partial charge in [-0.25, -0.2) is 0 Å². The first-order chi connectivity index (χ1) is 2.00. The Bertz CT molecular complexity index is 23.0. The summed E-state index contributed by atoms with van der Waals surface area (Å²) >= 11 is 0. The summed E-state index contributed by atoms with van der Waals surface area (Å²) in [6.07, 6.45) is 16.0. The molecular formula is C9H25B2. The molecule has 0 aromatic rings. The Hall–Kier alpha value is -0.750. The second-order valence-corrected chi connectivity index (χ2v) is 0. The molecule has 2 heteroatoms. The van der Waals surface area contributed by atoms with Crippen molar-refractivity contribution in [1.29, 1.82) is 0 Å². The van der Waals surface area contributed by atoms with E-state index in [1.54, 1.807) is 0 Å². The van der Waals surface area contributed by atoms with Gasteiger partial charge in [0.2, 0.25) is 0 Å². The number of hydrogen-bond donors (Lipinski definition) is 0. The van der Waals surface area contributed by atoms with E-state index in [0.29, 0.717) is 0 Å². The molecule has 0 aliphatic rings. The van der Waals surface area contributed by atoms with Crippen LogP contribution in [0.25, 0.3) is 0 Å². The van der Waals surface area contributed by atoms with Gasteiger partial charge in [-0.2, -0.15) is 0 Å². The second-order valence-electron chi connectivity index (χ2n) is 0. The zero-order chi connectivity index (χ0) is 4.00. The Morgan fingerprint density at radius 2 is 0.455 bits per heavy atom. The van der Waals surface area contributed by atoms with Gasteiger partial charge < -0.3 is 0 Å². The third-order valence-corrected chi connectivity index (χ3v) is 0. The molecule has 0 spiro atoms. The van der Waals surface area contributed by atoms with Crippen molar-refractivity contribution in [2.75, 3.05) is 0 Å².